The molecule has 0 saturated carbocycles. The Morgan fingerprint density at radius 3 is 2.50 bits per heavy atom. The highest BCUT2D eigenvalue weighted by atomic mass is 16.5. The number of aryl methyl sites for hydroxylation is 1. The van der Waals surface area contributed by atoms with Crippen molar-refractivity contribution in [3.63, 3.8) is 0 Å². The molecule has 0 spiro atoms. The molecule has 1 fully saturated rings. The van der Waals surface area contributed by atoms with E-state index in [1.807, 2.05) is 37.5 Å². The fourth-order valence-electron chi connectivity index (χ4n) is 2.76. The third-order valence-corrected chi connectivity index (χ3v) is 4.01. The molecule has 0 unspecified atom stereocenters. The molecule has 1 saturated heterocycles. The number of ether oxygens (including phenoxy) is 1. The van der Waals surface area contributed by atoms with Crippen LogP contribution in [0.2, 0.25) is 0 Å². The average molecular weight is 298 g/mol. The summed E-state index contributed by atoms with van der Waals surface area (Å²) in [5, 5.41) is 3.59. The number of aromatic nitrogens is 2. The molecule has 1 aliphatic heterocycles. The van der Waals surface area contributed by atoms with E-state index in [0.29, 0.717) is 6.04 Å². The molecular formula is C17H22N4O. The number of nitrogens with zero attached hydrogens (tertiary/aromatic N) is 3. The van der Waals surface area contributed by atoms with E-state index in [-0.39, 0.29) is 0 Å². The van der Waals surface area contributed by atoms with Crippen LogP contribution in [0, 0.1) is 6.92 Å². The van der Waals surface area contributed by atoms with E-state index in [9.17, 15) is 0 Å². The molecule has 1 aromatic carbocycles. The van der Waals surface area contributed by atoms with Gasteiger partial charge in [0.1, 0.15) is 5.75 Å². The molecule has 2 heterocycles. The minimum absolute atomic E-state index is 0.456. The highest BCUT2D eigenvalue weighted by molar-refractivity contribution is 5.56. The Morgan fingerprint density at radius 1 is 1.14 bits per heavy atom. The molecule has 0 radical (unpaired) electrons. The first-order valence-electron chi connectivity index (χ1n) is 7.69. The monoisotopic (exact) mass is 298 g/mol. The van der Waals surface area contributed by atoms with Crippen molar-refractivity contribution >= 4 is 11.6 Å². The zero-order valence-corrected chi connectivity index (χ0v) is 13.1. The van der Waals surface area contributed by atoms with Gasteiger partial charge in [0.2, 0.25) is 5.95 Å². The van der Waals surface area contributed by atoms with Gasteiger partial charge in [0.15, 0.2) is 0 Å². The van der Waals surface area contributed by atoms with Crippen LogP contribution in [0.3, 0.4) is 0 Å². The van der Waals surface area contributed by atoms with E-state index in [1.165, 1.54) is 0 Å². The molecule has 3 rings (SSSR count). The molecule has 5 nitrogen and oxygen atoms in total. The van der Waals surface area contributed by atoms with Crippen molar-refractivity contribution in [2.45, 2.75) is 25.8 Å². The van der Waals surface area contributed by atoms with Crippen LogP contribution in [-0.2, 0) is 0 Å². The maximum atomic E-state index is 5.40. The third kappa shape index (κ3) is 3.30. The number of piperidine rings is 1. The first-order chi connectivity index (χ1) is 10.8. The second-order valence-electron chi connectivity index (χ2n) is 5.67. The topological polar surface area (TPSA) is 50.3 Å². The molecule has 0 amide bonds. The van der Waals surface area contributed by atoms with Crippen LogP contribution in [0.4, 0.5) is 11.6 Å². The van der Waals surface area contributed by atoms with Crippen LogP contribution < -0.4 is 15.0 Å². The zero-order valence-electron chi connectivity index (χ0n) is 13.1. The van der Waals surface area contributed by atoms with Gasteiger partial charge in [-0.15, -0.1) is 0 Å². The van der Waals surface area contributed by atoms with Crippen molar-refractivity contribution in [2.24, 2.45) is 0 Å². The fourth-order valence-corrected chi connectivity index (χ4v) is 2.76. The molecule has 22 heavy (non-hydrogen) atoms. The van der Waals surface area contributed by atoms with Crippen LogP contribution in [-0.4, -0.2) is 36.2 Å². The first kappa shape index (κ1) is 14.6. The molecule has 5 heteroatoms. The summed E-state index contributed by atoms with van der Waals surface area (Å²) in [5.74, 6) is 1.73. The van der Waals surface area contributed by atoms with Crippen molar-refractivity contribution in [3.05, 3.63) is 42.2 Å². The average Bonchev–Trinajstić information content (AvgIpc) is 2.57. The summed E-state index contributed by atoms with van der Waals surface area (Å²) in [6, 6.07) is 8.52. The van der Waals surface area contributed by atoms with Crippen molar-refractivity contribution in [2.75, 3.05) is 30.4 Å². The maximum Gasteiger partial charge on any atom is 0.225 e. The predicted molar refractivity (Wildman–Crippen MR) is 88.6 cm³/mol. The largest absolute Gasteiger partial charge is 0.495 e. The molecule has 116 valence electrons. The number of para-hydroxylation sites is 2. The Kier molecular flexibility index (Phi) is 4.42. The zero-order chi connectivity index (χ0) is 15.4. The SMILES string of the molecule is COc1ccccc1NC1CCN(c2ncc(C)cn2)CC1. The Morgan fingerprint density at radius 2 is 1.82 bits per heavy atom. The summed E-state index contributed by atoms with van der Waals surface area (Å²) in [6.07, 6.45) is 5.88. The molecule has 1 aliphatic rings. The summed E-state index contributed by atoms with van der Waals surface area (Å²) >= 11 is 0. The van der Waals surface area contributed by atoms with E-state index in [2.05, 4.69) is 26.3 Å². The van der Waals surface area contributed by atoms with E-state index in [4.69, 9.17) is 4.74 Å². The Bertz CT molecular complexity index is 606. The smallest absolute Gasteiger partial charge is 0.225 e. The van der Waals surface area contributed by atoms with Crippen molar-refractivity contribution in [3.8, 4) is 5.75 Å². The van der Waals surface area contributed by atoms with Gasteiger partial charge >= 0.3 is 0 Å². The van der Waals surface area contributed by atoms with Gasteiger partial charge in [-0.2, -0.15) is 0 Å². The molecule has 0 atom stereocenters. The van der Waals surface area contributed by atoms with Gasteiger partial charge in [-0.25, -0.2) is 9.97 Å². The fraction of sp³-hybridized carbons (Fsp3) is 0.412. The number of rotatable bonds is 4. The van der Waals surface area contributed by atoms with Gasteiger partial charge in [0.05, 0.1) is 12.8 Å². The minimum atomic E-state index is 0.456. The first-order valence-corrected chi connectivity index (χ1v) is 7.69. The van der Waals surface area contributed by atoms with Gasteiger partial charge < -0.3 is 15.0 Å². The van der Waals surface area contributed by atoms with Crippen LogP contribution in [0.15, 0.2) is 36.7 Å². The summed E-state index contributed by atoms with van der Waals surface area (Å²) in [5.41, 5.74) is 2.16. The lowest BCUT2D eigenvalue weighted by atomic mass is 10.0. The molecule has 1 N–H and O–H groups in total. The van der Waals surface area contributed by atoms with Crippen LogP contribution in [0.25, 0.3) is 0 Å². The third-order valence-electron chi connectivity index (χ3n) is 4.01. The lowest BCUT2D eigenvalue weighted by molar-refractivity contribution is 0.415. The number of hydrogen-bond acceptors (Lipinski definition) is 5. The van der Waals surface area contributed by atoms with Crippen LogP contribution in [0.5, 0.6) is 5.75 Å². The number of anilines is 2. The van der Waals surface area contributed by atoms with E-state index in [1.54, 1.807) is 7.11 Å². The summed E-state index contributed by atoms with van der Waals surface area (Å²) in [6.45, 7) is 3.94. The lowest BCUT2D eigenvalue weighted by Crippen LogP contribution is -2.40. The Hall–Kier alpha value is -2.30. The number of nitrogens with one attached hydrogen (secondary N) is 1. The van der Waals surface area contributed by atoms with E-state index in [0.717, 1.165) is 48.9 Å². The number of methoxy groups -OCH3 is 1. The van der Waals surface area contributed by atoms with Crippen molar-refractivity contribution in [1.82, 2.24) is 9.97 Å². The molecular weight excluding hydrogens is 276 g/mol. The van der Waals surface area contributed by atoms with Crippen LogP contribution >= 0.6 is 0 Å². The van der Waals surface area contributed by atoms with Gasteiger partial charge in [-0.1, -0.05) is 12.1 Å². The molecule has 2 aromatic rings. The predicted octanol–water partition coefficient (Wildman–Crippen LogP) is 2.87. The normalized spacial score (nSPS) is 15.6. The number of hydrogen-bond donors (Lipinski definition) is 1. The number of benzene rings is 1. The highest BCUT2D eigenvalue weighted by Gasteiger charge is 2.21. The van der Waals surface area contributed by atoms with Gasteiger partial charge in [-0.3, -0.25) is 0 Å². The maximum absolute atomic E-state index is 5.40. The Labute approximate surface area is 131 Å². The Balaban J connectivity index is 1.59. The second kappa shape index (κ2) is 6.64. The minimum Gasteiger partial charge on any atom is -0.495 e. The van der Waals surface area contributed by atoms with E-state index < -0.39 is 0 Å². The molecule has 0 aliphatic carbocycles. The lowest BCUT2D eigenvalue weighted by Gasteiger charge is -2.33. The van der Waals surface area contributed by atoms with Crippen molar-refractivity contribution < 1.29 is 4.74 Å². The quantitative estimate of drug-likeness (QED) is 0.940. The van der Waals surface area contributed by atoms with E-state index >= 15 is 0 Å². The van der Waals surface area contributed by atoms with Crippen LogP contribution in [0.1, 0.15) is 18.4 Å². The van der Waals surface area contributed by atoms with Gasteiger partial charge in [-0.05, 0) is 37.5 Å². The standard InChI is InChI=1S/C17H22N4O/c1-13-11-18-17(19-12-13)21-9-7-14(8-10-21)20-15-5-3-4-6-16(15)22-2/h3-6,11-12,14,20H,7-10H2,1-2H3. The van der Waals surface area contributed by atoms with Gasteiger partial charge in [0, 0.05) is 31.5 Å². The summed E-state index contributed by atoms with van der Waals surface area (Å²) in [4.78, 5) is 11.1. The second-order valence-corrected chi connectivity index (χ2v) is 5.67. The molecule has 1 aromatic heterocycles. The molecule has 0 bridgehead atoms. The summed E-state index contributed by atoms with van der Waals surface area (Å²) < 4.78 is 5.40. The van der Waals surface area contributed by atoms with Crippen molar-refractivity contribution in [1.29, 1.82) is 0 Å². The summed E-state index contributed by atoms with van der Waals surface area (Å²) in [7, 11) is 1.71. The van der Waals surface area contributed by atoms with Gasteiger partial charge in [0.25, 0.3) is 0 Å². The highest BCUT2D eigenvalue weighted by Crippen LogP contribution is 2.26.